The van der Waals surface area contributed by atoms with Crippen LogP contribution >= 0.6 is 11.6 Å². The number of hydrogen-bond donors (Lipinski definition) is 3. The van der Waals surface area contributed by atoms with Crippen LogP contribution in [0.3, 0.4) is 0 Å². The molecule has 0 unspecified atom stereocenters. The summed E-state index contributed by atoms with van der Waals surface area (Å²) in [6.45, 7) is 0.235. The molecule has 0 saturated heterocycles. The van der Waals surface area contributed by atoms with E-state index in [1.165, 1.54) is 17.2 Å². The van der Waals surface area contributed by atoms with Gasteiger partial charge in [-0.25, -0.2) is 22.9 Å². The molecular weight excluding hydrogens is 318 g/mol. The lowest BCUT2D eigenvalue weighted by molar-refractivity contribution is 0.217. The van der Waals surface area contributed by atoms with Gasteiger partial charge in [0.15, 0.2) is 0 Å². The summed E-state index contributed by atoms with van der Waals surface area (Å²) in [5, 5.41) is 5.49. The standard InChI is InChI=1S/C11H18ClN5O3S/c1-13-10-9(12)6-8(7-15-10)21(19,20)16-5-4-14-11(18)17(2)3/h6-7,16H,4-5H2,1-3H3,(H,13,15)(H,14,18). The Hall–Kier alpha value is -1.58. The maximum absolute atomic E-state index is 12.0. The van der Waals surface area contributed by atoms with E-state index in [-0.39, 0.29) is 29.0 Å². The van der Waals surface area contributed by atoms with Crippen molar-refractivity contribution in [3.8, 4) is 0 Å². The summed E-state index contributed by atoms with van der Waals surface area (Å²) in [5.74, 6) is 0.397. The monoisotopic (exact) mass is 335 g/mol. The Morgan fingerprint density at radius 1 is 1.38 bits per heavy atom. The van der Waals surface area contributed by atoms with Crippen molar-refractivity contribution >= 4 is 33.5 Å². The molecular formula is C11H18ClN5O3S. The second-order valence-electron chi connectivity index (χ2n) is 4.28. The molecule has 1 rings (SSSR count). The van der Waals surface area contributed by atoms with Crippen LogP contribution in [-0.2, 0) is 10.0 Å². The van der Waals surface area contributed by atoms with Gasteiger partial charge in [0, 0.05) is 40.4 Å². The molecule has 0 aliphatic rings. The number of urea groups is 1. The quantitative estimate of drug-likeness (QED) is 0.650. The molecule has 3 N–H and O–H groups in total. The minimum atomic E-state index is -3.72. The molecule has 0 aliphatic carbocycles. The smallest absolute Gasteiger partial charge is 0.316 e. The van der Waals surface area contributed by atoms with E-state index in [4.69, 9.17) is 11.6 Å². The van der Waals surface area contributed by atoms with E-state index in [0.29, 0.717) is 5.82 Å². The first-order chi connectivity index (χ1) is 9.77. The Morgan fingerprint density at radius 3 is 2.57 bits per heavy atom. The number of halogens is 1. The summed E-state index contributed by atoms with van der Waals surface area (Å²) in [6, 6.07) is 1.01. The molecule has 1 aromatic rings. The van der Waals surface area contributed by atoms with Crippen molar-refractivity contribution in [3.05, 3.63) is 17.3 Å². The SMILES string of the molecule is CNc1ncc(S(=O)(=O)NCCNC(=O)N(C)C)cc1Cl. The summed E-state index contributed by atoms with van der Waals surface area (Å²) in [4.78, 5) is 16.5. The molecule has 0 saturated carbocycles. The highest BCUT2D eigenvalue weighted by atomic mass is 35.5. The van der Waals surface area contributed by atoms with E-state index in [9.17, 15) is 13.2 Å². The molecule has 21 heavy (non-hydrogen) atoms. The molecule has 0 spiro atoms. The van der Waals surface area contributed by atoms with Gasteiger partial charge in [0.25, 0.3) is 0 Å². The third-order valence-corrected chi connectivity index (χ3v) is 4.18. The predicted octanol–water partition coefficient (Wildman–Crippen LogP) is 0.326. The van der Waals surface area contributed by atoms with Gasteiger partial charge in [-0.3, -0.25) is 0 Å². The molecule has 0 radical (unpaired) electrons. The lowest BCUT2D eigenvalue weighted by Gasteiger charge is -2.12. The van der Waals surface area contributed by atoms with Crippen LogP contribution in [0.25, 0.3) is 0 Å². The topological polar surface area (TPSA) is 103 Å². The van der Waals surface area contributed by atoms with Crippen molar-refractivity contribution in [2.75, 3.05) is 39.5 Å². The molecule has 10 heteroatoms. The van der Waals surface area contributed by atoms with Crippen molar-refractivity contribution in [2.24, 2.45) is 0 Å². The second-order valence-corrected chi connectivity index (χ2v) is 6.45. The third kappa shape index (κ3) is 5.03. The maximum atomic E-state index is 12.0. The van der Waals surface area contributed by atoms with Crippen molar-refractivity contribution in [1.29, 1.82) is 0 Å². The first-order valence-electron chi connectivity index (χ1n) is 6.06. The zero-order valence-electron chi connectivity index (χ0n) is 12.0. The van der Waals surface area contributed by atoms with Gasteiger partial charge >= 0.3 is 6.03 Å². The average Bonchev–Trinajstić information content (AvgIpc) is 2.43. The molecule has 0 aliphatic heterocycles. The van der Waals surface area contributed by atoms with Crippen LogP contribution in [0.1, 0.15) is 0 Å². The fourth-order valence-corrected chi connectivity index (χ4v) is 2.68. The van der Waals surface area contributed by atoms with Gasteiger partial charge in [-0.2, -0.15) is 0 Å². The lowest BCUT2D eigenvalue weighted by atomic mass is 10.4. The van der Waals surface area contributed by atoms with E-state index in [1.807, 2.05) is 0 Å². The van der Waals surface area contributed by atoms with Gasteiger partial charge in [0.2, 0.25) is 10.0 Å². The average molecular weight is 336 g/mol. The Balaban J connectivity index is 2.62. The summed E-state index contributed by atoms with van der Waals surface area (Å²) < 4.78 is 26.4. The van der Waals surface area contributed by atoms with E-state index >= 15 is 0 Å². The number of carbonyl (C=O) groups excluding carboxylic acids is 1. The highest BCUT2D eigenvalue weighted by Crippen LogP contribution is 2.21. The van der Waals surface area contributed by atoms with Gasteiger partial charge < -0.3 is 15.5 Å². The van der Waals surface area contributed by atoms with Gasteiger partial charge in [0.05, 0.1) is 5.02 Å². The molecule has 1 heterocycles. The van der Waals surface area contributed by atoms with Crippen LogP contribution < -0.4 is 15.4 Å². The zero-order chi connectivity index (χ0) is 16.0. The normalized spacial score (nSPS) is 11.0. The fourth-order valence-electron chi connectivity index (χ4n) is 1.35. The molecule has 1 aromatic heterocycles. The second kappa shape index (κ2) is 7.43. The van der Waals surface area contributed by atoms with Crippen LogP contribution in [0.15, 0.2) is 17.2 Å². The number of nitrogens with zero attached hydrogens (tertiary/aromatic N) is 2. The first kappa shape index (κ1) is 17.5. The minimum absolute atomic E-state index is 0.0366. The molecule has 0 atom stereocenters. The lowest BCUT2D eigenvalue weighted by Crippen LogP contribution is -2.39. The number of pyridine rings is 1. The number of nitrogens with one attached hydrogen (secondary N) is 3. The summed E-state index contributed by atoms with van der Waals surface area (Å²) in [7, 11) is 1.10. The molecule has 0 bridgehead atoms. The van der Waals surface area contributed by atoms with Gasteiger partial charge in [-0.05, 0) is 6.07 Å². The van der Waals surface area contributed by atoms with Crippen LogP contribution in [0.4, 0.5) is 10.6 Å². The van der Waals surface area contributed by atoms with E-state index < -0.39 is 10.0 Å². The Bertz CT molecular complexity index is 606. The van der Waals surface area contributed by atoms with E-state index in [1.54, 1.807) is 21.1 Å². The zero-order valence-corrected chi connectivity index (χ0v) is 13.5. The molecule has 118 valence electrons. The first-order valence-corrected chi connectivity index (χ1v) is 7.92. The fraction of sp³-hybridized carbons (Fsp3) is 0.455. The van der Waals surface area contributed by atoms with Crippen LogP contribution in [0, 0.1) is 0 Å². The predicted molar refractivity (Wildman–Crippen MR) is 81.1 cm³/mol. The number of hydrogen-bond acceptors (Lipinski definition) is 5. The Morgan fingerprint density at radius 2 is 2.05 bits per heavy atom. The Labute approximate surface area is 128 Å². The molecule has 8 nitrogen and oxygen atoms in total. The molecule has 0 aromatic carbocycles. The van der Waals surface area contributed by atoms with Crippen molar-refractivity contribution < 1.29 is 13.2 Å². The highest BCUT2D eigenvalue weighted by Gasteiger charge is 2.16. The number of rotatable bonds is 6. The Kier molecular flexibility index (Phi) is 6.19. The molecule has 2 amide bonds. The van der Waals surface area contributed by atoms with Gasteiger partial charge in [-0.1, -0.05) is 11.6 Å². The van der Waals surface area contributed by atoms with Crippen LogP contribution in [0.2, 0.25) is 5.02 Å². The molecule has 0 fully saturated rings. The number of amides is 2. The number of anilines is 1. The van der Waals surface area contributed by atoms with Crippen molar-refractivity contribution in [2.45, 2.75) is 4.90 Å². The summed E-state index contributed by atoms with van der Waals surface area (Å²) in [6.07, 6.45) is 1.21. The number of aromatic nitrogens is 1. The highest BCUT2D eigenvalue weighted by molar-refractivity contribution is 7.89. The number of carbonyl (C=O) groups is 1. The summed E-state index contributed by atoms with van der Waals surface area (Å²) >= 11 is 5.89. The third-order valence-electron chi connectivity index (χ3n) is 2.46. The largest absolute Gasteiger partial charge is 0.372 e. The van der Waals surface area contributed by atoms with E-state index in [0.717, 1.165) is 0 Å². The van der Waals surface area contributed by atoms with Crippen LogP contribution in [-0.4, -0.2) is 58.6 Å². The van der Waals surface area contributed by atoms with Crippen molar-refractivity contribution in [3.63, 3.8) is 0 Å². The van der Waals surface area contributed by atoms with Crippen LogP contribution in [0.5, 0.6) is 0 Å². The summed E-state index contributed by atoms with van der Waals surface area (Å²) in [5.41, 5.74) is 0. The van der Waals surface area contributed by atoms with E-state index in [2.05, 4.69) is 20.3 Å². The number of sulfonamides is 1. The van der Waals surface area contributed by atoms with Gasteiger partial charge in [-0.15, -0.1) is 0 Å². The van der Waals surface area contributed by atoms with Crippen molar-refractivity contribution in [1.82, 2.24) is 19.9 Å². The minimum Gasteiger partial charge on any atom is -0.372 e. The maximum Gasteiger partial charge on any atom is 0.316 e. The van der Waals surface area contributed by atoms with Gasteiger partial charge in [0.1, 0.15) is 10.7 Å².